The van der Waals surface area contributed by atoms with Gasteiger partial charge in [0, 0.05) is 30.4 Å². The molecule has 1 unspecified atom stereocenters. The summed E-state index contributed by atoms with van der Waals surface area (Å²) in [4.78, 5) is 14.4. The van der Waals surface area contributed by atoms with Crippen LogP contribution in [0.1, 0.15) is 23.2 Å². The molecule has 2 N–H and O–H groups in total. The monoisotopic (exact) mass is 326 g/mol. The predicted molar refractivity (Wildman–Crippen MR) is 79.1 cm³/mol. The zero-order valence-corrected chi connectivity index (χ0v) is 12.6. The maximum Gasteiger partial charge on any atom is 0.255 e. The maximum atomic E-state index is 12.5. The van der Waals surface area contributed by atoms with Crippen LogP contribution in [0, 0.1) is 5.92 Å². The topological polar surface area (TPSA) is 55.6 Å². The van der Waals surface area contributed by atoms with Crippen LogP contribution < -0.4 is 5.73 Å². The van der Waals surface area contributed by atoms with E-state index >= 15 is 0 Å². The molecule has 5 heteroatoms. The second kappa shape index (κ2) is 6.39. The van der Waals surface area contributed by atoms with E-state index in [9.17, 15) is 4.79 Å². The molecule has 1 atom stereocenters. The van der Waals surface area contributed by atoms with Crippen LogP contribution in [0.5, 0.6) is 0 Å². The summed E-state index contributed by atoms with van der Waals surface area (Å²) in [6.07, 6.45) is 2.14. The van der Waals surface area contributed by atoms with Gasteiger partial charge in [-0.05, 0) is 37.0 Å². The van der Waals surface area contributed by atoms with E-state index in [1.54, 1.807) is 19.2 Å². The van der Waals surface area contributed by atoms with Gasteiger partial charge in [-0.3, -0.25) is 4.79 Å². The van der Waals surface area contributed by atoms with Gasteiger partial charge in [0.05, 0.1) is 12.2 Å². The van der Waals surface area contributed by atoms with E-state index in [0.29, 0.717) is 23.8 Å². The summed E-state index contributed by atoms with van der Waals surface area (Å²) in [5.41, 5.74) is 7.03. The Morgan fingerprint density at radius 2 is 2.37 bits per heavy atom. The Bertz CT molecular complexity index is 463. The number of carbonyl (C=O) groups excluding carboxylic acids is 1. The molecule has 1 aliphatic rings. The Labute approximate surface area is 122 Å². The summed E-state index contributed by atoms with van der Waals surface area (Å²) in [5.74, 6) is 0.449. The van der Waals surface area contributed by atoms with Gasteiger partial charge in [-0.2, -0.15) is 0 Å². The first-order chi connectivity index (χ1) is 9.11. The number of likely N-dealkylation sites (tertiary alicyclic amines) is 1. The summed E-state index contributed by atoms with van der Waals surface area (Å²) in [6.45, 7) is 2.26. The van der Waals surface area contributed by atoms with Crippen molar-refractivity contribution in [2.75, 3.05) is 32.5 Å². The van der Waals surface area contributed by atoms with E-state index < -0.39 is 0 Å². The number of nitrogens with zero attached hydrogens (tertiary/aromatic N) is 1. The highest BCUT2D eigenvalue weighted by Gasteiger charge is 2.25. The molecule has 1 heterocycles. The summed E-state index contributed by atoms with van der Waals surface area (Å²) < 4.78 is 6.07. The van der Waals surface area contributed by atoms with Crippen LogP contribution in [0.25, 0.3) is 0 Å². The van der Waals surface area contributed by atoms with Crippen LogP contribution >= 0.6 is 15.9 Å². The quantitative estimate of drug-likeness (QED) is 0.868. The number of hydrogen-bond acceptors (Lipinski definition) is 3. The number of ether oxygens (including phenoxy) is 1. The van der Waals surface area contributed by atoms with Crippen molar-refractivity contribution in [3.05, 3.63) is 28.2 Å². The smallest absolute Gasteiger partial charge is 0.255 e. The number of benzene rings is 1. The Hall–Kier alpha value is -1.07. The van der Waals surface area contributed by atoms with Gasteiger partial charge in [-0.1, -0.05) is 15.9 Å². The van der Waals surface area contributed by atoms with E-state index in [0.717, 1.165) is 30.4 Å². The number of hydrogen-bond donors (Lipinski definition) is 1. The summed E-state index contributed by atoms with van der Waals surface area (Å²) in [6, 6.07) is 5.39. The van der Waals surface area contributed by atoms with E-state index in [-0.39, 0.29) is 5.91 Å². The van der Waals surface area contributed by atoms with Crippen LogP contribution in [0.2, 0.25) is 0 Å². The minimum absolute atomic E-state index is 0.0193. The van der Waals surface area contributed by atoms with Crippen molar-refractivity contribution in [2.24, 2.45) is 5.92 Å². The molecule has 1 aliphatic heterocycles. The highest BCUT2D eigenvalue weighted by molar-refractivity contribution is 9.10. The normalized spacial score (nSPS) is 19.5. The lowest BCUT2D eigenvalue weighted by atomic mass is 9.98. The molecule has 0 spiro atoms. The molecule has 0 aromatic heterocycles. The fourth-order valence-electron chi connectivity index (χ4n) is 2.52. The van der Waals surface area contributed by atoms with Gasteiger partial charge in [0.1, 0.15) is 0 Å². The van der Waals surface area contributed by atoms with Crippen LogP contribution in [0.15, 0.2) is 22.7 Å². The predicted octanol–water partition coefficient (Wildman–Crippen LogP) is 2.53. The Morgan fingerprint density at radius 3 is 3.05 bits per heavy atom. The van der Waals surface area contributed by atoms with Gasteiger partial charge in [0.15, 0.2) is 0 Å². The second-order valence-electron chi connectivity index (χ2n) is 4.95. The first-order valence-corrected chi connectivity index (χ1v) is 7.24. The molecular weight excluding hydrogens is 308 g/mol. The second-order valence-corrected chi connectivity index (χ2v) is 5.86. The molecule has 19 heavy (non-hydrogen) atoms. The van der Waals surface area contributed by atoms with Gasteiger partial charge in [0.2, 0.25) is 0 Å². The molecule has 0 saturated carbocycles. The lowest BCUT2D eigenvalue weighted by Crippen LogP contribution is -2.41. The number of nitrogens with two attached hydrogens (primary N) is 1. The van der Waals surface area contributed by atoms with Gasteiger partial charge in [-0.15, -0.1) is 0 Å². The third-order valence-electron chi connectivity index (χ3n) is 3.45. The number of carbonyl (C=O) groups is 1. The van der Waals surface area contributed by atoms with Crippen molar-refractivity contribution >= 4 is 27.5 Å². The number of rotatable bonds is 3. The zero-order valence-electron chi connectivity index (χ0n) is 11.1. The van der Waals surface area contributed by atoms with E-state index in [1.807, 2.05) is 11.0 Å². The molecule has 1 aromatic rings. The molecule has 1 fully saturated rings. The zero-order chi connectivity index (χ0) is 13.8. The van der Waals surface area contributed by atoms with Crippen LogP contribution in [0.3, 0.4) is 0 Å². The van der Waals surface area contributed by atoms with Crippen molar-refractivity contribution in [3.63, 3.8) is 0 Å². The van der Waals surface area contributed by atoms with Crippen molar-refractivity contribution in [2.45, 2.75) is 12.8 Å². The third-order valence-corrected chi connectivity index (χ3v) is 3.95. The Kier molecular flexibility index (Phi) is 4.82. The average Bonchev–Trinajstić information content (AvgIpc) is 2.39. The maximum absolute atomic E-state index is 12.5. The number of methoxy groups -OCH3 is 1. The SMILES string of the molecule is COCC1CCCN(C(=O)c2ccc(Br)cc2N)C1. The number of piperidine rings is 1. The summed E-state index contributed by atoms with van der Waals surface area (Å²) in [7, 11) is 1.70. The molecule has 0 bridgehead atoms. The standard InChI is InChI=1S/C14H19BrN2O2/c1-19-9-10-3-2-6-17(8-10)14(18)12-5-4-11(15)7-13(12)16/h4-5,7,10H,2-3,6,8-9,16H2,1H3. The van der Waals surface area contributed by atoms with Crippen LogP contribution in [-0.2, 0) is 4.74 Å². The largest absolute Gasteiger partial charge is 0.398 e. The molecule has 1 aromatic carbocycles. The third kappa shape index (κ3) is 3.48. The number of anilines is 1. The minimum atomic E-state index is 0.0193. The highest BCUT2D eigenvalue weighted by Crippen LogP contribution is 2.23. The number of nitrogen functional groups attached to an aromatic ring is 1. The molecule has 0 aliphatic carbocycles. The molecule has 1 amide bonds. The van der Waals surface area contributed by atoms with E-state index in [2.05, 4.69) is 15.9 Å². The number of amides is 1. The van der Waals surface area contributed by atoms with Crippen molar-refractivity contribution in [3.8, 4) is 0 Å². The lowest BCUT2D eigenvalue weighted by molar-refractivity contribution is 0.0572. The van der Waals surface area contributed by atoms with Crippen LogP contribution in [-0.4, -0.2) is 37.6 Å². The van der Waals surface area contributed by atoms with Crippen LogP contribution in [0.4, 0.5) is 5.69 Å². The van der Waals surface area contributed by atoms with Gasteiger partial charge >= 0.3 is 0 Å². The fraction of sp³-hybridized carbons (Fsp3) is 0.500. The lowest BCUT2D eigenvalue weighted by Gasteiger charge is -2.32. The average molecular weight is 327 g/mol. The van der Waals surface area contributed by atoms with Crippen molar-refractivity contribution in [1.82, 2.24) is 4.90 Å². The Morgan fingerprint density at radius 1 is 1.58 bits per heavy atom. The molecule has 4 nitrogen and oxygen atoms in total. The van der Waals surface area contributed by atoms with Crippen molar-refractivity contribution in [1.29, 1.82) is 0 Å². The van der Waals surface area contributed by atoms with Gasteiger partial charge in [-0.25, -0.2) is 0 Å². The number of halogens is 1. The highest BCUT2D eigenvalue weighted by atomic mass is 79.9. The molecular formula is C14H19BrN2O2. The molecule has 0 radical (unpaired) electrons. The first kappa shape index (κ1) is 14.3. The van der Waals surface area contributed by atoms with E-state index in [4.69, 9.17) is 10.5 Å². The van der Waals surface area contributed by atoms with Gasteiger partial charge < -0.3 is 15.4 Å². The Balaban J connectivity index is 2.10. The van der Waals surface area contributed by atoms with Crippen molar-refractivity contribution < 1.29 is 9.53 Å². The summed E-state index contributed by atoms with van der Waals surface area (Å²) >= 11 is 3.35. The fourth-order valence-corrected chi connectivity index (χ4v) is 2.90. The molecule has 104 valence electrons. The molecule has 2 rings (SSSR count). The van der Waals surface area contributed by atoms with Gasteiger partial charge in [0.25, 0.3) is 5.91 Å². The summed E-state index contributed by atoms with van der Waals surface area (Å²) in [5, 5.41) is 0. The van der Waals surface area contributed by atoms with E-state index in [1.165, 1.54) is 0 Å². The first-order valence-electron chi connectivity index (χ1n) is 6.45. The minimum Gasteiger partial charge on any atom is -0.398 e. The molecule has 1 saturated heterocycles.